The highest BCUT2D eigenvalue weighted by Crippen LogP contribution is 2.38. The summed E-state index contributed by atoms with van der Waals surface area (Å²) in [6, 6.07) is 29.7. The standard InChI is InChI=1S/C26H30O3Si/c1-26(2,3)30(22-15-9-5-10-16-22,23-17-11-6-12-18-23)29-24(19-20-27)25(28)21-13-7-4-8-14-21/h4-18,24,27H,19-20H2,1-3H3/t24-/m1/s1. The Morgan fingerprint density at radius 2 is 1.27 bits per heavy atom. The van der Waals surface area contributed by atoms with E-state index in [1.54, 1.807) is 12.1 Å². The molecule has 0 aromatic heterocycles. The van der Waals surface area contributed by atoms with Gasteiger partial charge in [-0.25, -0.2) is 0 Å². The van der Waals surface area contributed by atoms with Crippen LogP contribution < -0.4 is 10.4 Å². The Morgan fingerprint density at radius 1 is 0.833 bits per heavy atom. The Morgan fingerprint density at radius 3 is 1.67 bits per heavy atom. The largest absolute Gasteiger partial charge is 0.397 e. The van der Waals surface area contributed by atoms with Gasteiger partial charge in [-0.1, -0.05) is 112 Å². The van der Waals surface area contributed by atoms with E-state index >= 15 is 0 Å². The molecule has 0 bridgehead atoms. The molecular weight excluding hydrogens is 388 g/mol. The normalized spacial score (nSPS) is 13.1. The molecule has 3 aromatic carbocycles. The van der Waals surface area contributed by atoms with Gasteiger partial charge in [0.05, 0.1) is 0 Å². The van der Waals surface area contributed by atoms with E-state index in [2.05, 4.69) is 45.0 Å². The molecular formula is C26H30O3Si. The second kappa shape index (κ2) is 9.52. The number of hydrogen-bond donors (Lipinski definition) is 1. The van der Waals surface area contributed by atoms with Crippen molar-refractivity contribution in [2.45, 2.75) is 38.3 Å². The fourth-order valence-corrected chi connectivity index (χ4v) is 8.72. The van der Waals surface area contributed by atoms with Crippen molar-refractivity contribution in [3.8, 4) is 0 Å². The van der Waals surface area contributed by atoms with Gasteiger partial charge in [0, 0.05) is 18.6 Å². The third kappa shape index (κ3) is 4.46. The van der Waals surface area contributed by atoms with Gasteiger partial charge in [0.25, 0.3) is 8.32 Å². The number of carbonyl (C=O) groups is 1. The zero-order valence-corrected chi connectivity index (χ0v) is 18.9. The second-order valence-electron chi connectivity index (χ2n) is 8.51. The van der Waals surface area contributed by atoms with Crippen molar-refractivity contribution in [2.24, 2.45) is 0 Å². The maximum Gasteiger partial charge on any atom is 0.262 e. The first-order valence-corrected chi connectivity index (χ1v) is 12.3. The van der Waals surface area contributed by atoms with Gasteiger partial charge < -0.3 is 9.53 Å². The average Bonchev–Trinajstić information content (AvgIpc) is 2.77. The smallest absolute Gasteiger partial charge is 0.262 e. The molecule has 3 nitrogen and oxygen atoms in total. The van der Waals surface area contributed by atoms with Gasteiger partial charge in [-0.05, 0) is 15.4 Å². The number of aliphatic hydroxyl groups is 1. The van der Waals surface area contributed by atoms with Crippen LogP contribution in [-0.2, 0) is 4.43 Å². The Bertz CT molecular complexity index is 895. The number of benzene rings is 3. The summed E-state index contributed by atoms with van der Waals surface area (Å²) in [6.45, 7) is 6.44. The quantitative estimate of drug-likeness (QED) is 0.441. The van der Waals surface area contributed by atoms with Crippen LogP contribution in [0, 0.1) is 0 Å². The molecule has 156 valence electrons. The van der Waals surface area contributed by atoms with Crippen LogP contribution in [0.4, 0.5) is 0 Å². The molecule has 0 saturated heterocycles. The summed E-state index contributed by atoms with van der Waals surface area (Å²) in [4.78, 5) is 13.4. The van der Waals surface area contributed by atoms with E-state index in [1.165, 1.54) is 0 Å². The van der Waals surface area contributed by atoms with Gasteiger partial charge in [-0.3, -0.25) is 4.79 Å². The van der Waals surface area contributed by atoms with Crippen LogP contribution >= 0.6 is 0 Å². The summed E-state index contributed by atoms with van der Waals surface area (Å²) in [7, 11) is -2.88. The third-order valence-corrected chi connectivity index (χ3v) is 10.5. The highest BCUT2D eigenvalue weighted by Gasteiger charge is 2.52. The summed E-state index contributed by atoms with van der Waals surface area (Å²) in [5, 5.41) is 11.8. The van der Waals surface area contributed by atoms with Gasteiger partial charge in [0.1, 0.15) is 6.10 Å². The highest BCUT2D eigenvalue weighted by atomic mass is 28.4. The molecule has 0 spiro atoms. The summed E-state index contributed by atoms with van der Waals surface area (Å²) in [5.74, 6) is -0.0855. The zero-order valence-electron chi connectivity index (χ0n) is 17.9. The molecule has 0 heterocycles. The summed E-state index contributed by atoms with van der Waals surface area (Å²) < 4.78 is 6.96. The number of ketones is 1. The molecule has 3 aromatic rings. The number of Topliss-reactive ketones (excluding diaryl/α,β-unsaturated/α-hetero) is 1. The molecule has 1 atom stereocenters. The fourth-order valence-electron chi connectivity index (χ4n) is 4.05. The predicted molar refractivity (Wildman–Crippen MR) is 125 cm³/mol. The van der Waals surface area contributed by atoms with Crippen molar-refractivity contribution in [1.29, 1.82) is 0 Å². The summed E-state index contributed by atoms with van der Waals surface area (Å²) in [6.07, 6.45) is -0.457. The van der Waals surface area contributed by atoms with Crippen molar-refractivity contribution in [2.75, 3.05) is 6.61 Å². The van der Waals surface area contributed by atoms with Crippen LogP contribution in [0.1, 0.15) is 37.6 Å². The maximum atomic E-state index is 13.4. The summed E-state index contributed by atoms with van der Waals surface area (Å²) in [5.41, 5.74) is 0.605. The number of aliphatic hydroxyl groups excluding tert-OH is 1. The molecule has 1 N–H and O–H groups in total. The monoisotopic (exact) mass is 418 g/mol. The zero-order chi connectivity index (χ0) is 21.6. The molecule has 4 heteroatoms. The van der Waals surface area contributed by atoms with Gasteiger partial charge in [0.15, 0.2) is 5.78 Å². The number of rotatable bonds is 8. The lowest BCUT2D eigenvalue weighted by Gasteiger charge is -2.44. The molecule has 3 rings (SSSR count). The average molecular weight is 419 g/mol. The van der Waals surface area contributed by atoms with E-state index in [1.807, 2.05) is 54.6 Å². The van der Waals surface area contributed by atoms with E-state index in [0.29, 0.717) is 5.56 Å². The summed E-state index contributed by atoms with van der Waals surface area (Å²) >= 11 is 0. The molecule has 0 fully saturated rings. The Balaban J connectivity index is 2.17. The third-order valence-electron chi connectivity index (χ3n) is 5.48. The van der Waals surface area contributed by atoms with E-state index in [4.69, 9.17) is 4.43 Å². The highest BCUT2D eigenvalue weighted by molar-refractivity contribution is 6.99. The first-order valence-electron chi connectivity index (χ1n) is 10.4. The first-order chi connectivity index (χ1) is 14.4. The molecule has 30 heavy (non-hydrogen) atoms. The van der Waals surface area contributed by atoms with Gasteiger partial charge in [-0.2, -0.15) is 0 Å². The molecule has 0 aliphatic heterocycles. The van der Waals surface area contributed by atoms with Crippen molar-refractivity contribution >= 4 is 24.5 Å². The van der Waals surface area contributed by atoms with Crippen LogP contribution in [0.5, 0.6) is 0 Å². The van der Waals surface area contributed by atoms with Crippen molar-refractivity contribution in [3.05, 3.63) is 96.6 Å². The van der Waals surface area contributed by atoms with E-state index in [-0.39, 0.29) is 23.8 Å². The SMILES string of the molecule is CC(C)(C)[Si](O[C@H](CCO)C(=O)c1ccccc1)(c1ccccc1)c1ccccc1. The fraction of sp³-hybridized carbons (Fsp3) is 0.269. The first kappa shape index (κ1) is 22.2. The van der Waals surface area contributed by atoms with E-state index in [9.17, 15) is 9.90 Å². The van der Waals surface area contributed by atoms with Crippen LogP contribution in [0.15, 0.2) is 91.0 Å². The Labute approximate surface area is 180 Å². The van der Waals surface area contributed by atoms with Crippen LogP contribution in [-0.4, -0.2) is 31.9 Å². The molecule has 0 aliphatic carbocycles. The van der Waals surface area contributed by atoms with Crippen molar-refractivity contribution in [3.63, 3.8) is 0 Å². The minimum absolute atomic E-state index is 0.0855. The van der Waals surface area contributed by atoms with Crippen LogP contribution in [0.25, 0.3) is 0 Å². The molecule has 0 radical (unpaired) electrons. The lowest BCUT2D eigenvalue weighted by atomic mass is 10.0. The van der Waals surface area contributed by atoms with E-state index < -0.39 is 14.4 Å². The lowest BCUT2D eigenvalue weighted by Crippen LogP contribution is -2.68. The Hall–Kier alpha value is -2.53. The minimum Gasteiger partial charge on any atom is -0.397 e. The lowest BCUT2D eigenvalue weighted by molar-refractivity contribution is 0.0720. The van der Waals surface area contributed by atoms with Crippen LogP contribution in [0.2, 0.25) is 5.04 Å². The van der Waals surface area contributed by atoms with Crippen molar-refractivity contribution < 1.29 is 14.3 Å². The van der Waals surface area contributed by atoms with Gasteiger partial charge in [0.2, 0.25) is 0 Å². The molecule has 0 unspecified atom stereocenters. The molecule has 0 amide bonds. The molecule has 0 aliphatic rings. The minimum atomic E-state index is -2.88. The number of hydrogen-bond acceptors (Lipinski definition) is 3. The number of carbonyl (C=O) groups excluding carboxylic acids is 1. The van der Waals surface area contributed by atoms with E-state index in [0.717, 1.165) is 10.4 Å². The van der Waals surface area contributed by atoms with Gasteiger partial charge >= 0.3 is 0 Å². The van der Waals surface area contributed by atoms with Gasteiger partial charge in [-0.15, -0.1) is 0 Å². The topological polar surface area (TPSA) is 46.5 Å². The maximum absolute atomic E-state index is 13.4. The molecule has 0 saturated carbocycles. The van der Waals surface area contributed by atoms with Crippen molar-refractivity contribution in [1.82, 2.24) is 0 Å². The Kier molecular flexibility index (Phi) is 7.03. The predicted octanol–water partition coefficient (Wildman–Crippen LogP) is 4.20. The second-order valence-corrected chi connectivity index (χ2v) is 12.8. The van der Waals surface area contributed by atoms with Crippen LogP contribution in [0.3, 0.4) is 0 Å².